The molecule has 0 saturated carbocycles. The fourth-order valence-corrected chi connectivity index (χ4v) is 3.37. The number of nitrogens with one attached hydrogen (secondary N) is 1. The zero-order valence-electron chi connectivity index (χ0n) is 17.9. The Morgan fingerprint density at radius 3 is 2.52 bits per heavy atom. The molecule has 0 aliphatic carbocycles. The van der Waals surface area contributed by atoms with Gasteiger partial charge in [0.2, 0.25) is 5.91 Å². The van der Waals surface area contributed by atoms with Crippen LogP contribution in [-0.4, -0.2) is 52.4 Å². The number of hydrogen-bond acceptors (Lipinski definition) is 5. The van der Waals surface area contributed by atoms with Crippen LogP contribution in [0.25, 0.3) is 11.4 Å². The quantitative estimate of drug-likeness (QED) is 0.355. The van der Waals surface area contributed by atoms with Crippen LogP contribution in [0, 0.1) is 4.77 Å². The van der Waals surface area contributed by atoms with E-state index in [-0.39, 0.29) is 5.91 Å². The Kier molecular flexibility index (Phi) is 8.23. The van der Waals surface area contributed by atoms with Gasteiger partial charge in [-0.15, -0.1) is 0 Å². The fourth-order valence-electron chi connectivity index (χ4n) is 3.14. The maximum absolute atomic E-state index is 12.6. The van der Waals surface area contributed by atoms with E-state index in [4.69, 9.17) is 21.7 Å². The van der Waals surface area contributed by atoms with Gasteiger partial charge in [-0.1, -0.05) is 18.2 Å². The van der Waals surface area contributed by atoms with E-state index in [0.717, 1.165) is 23.5 Å². The summed E-state index contributed by atoms with van der Waals surface area (Å²) in [5, 5.41) is 7.17. The van der Waals surface area contributed by atoms with E-state index >= 15 is 0 Å². The average Bonchev–Trinajstić information content (AvgIpc) is 3.16. The van der Waals surface area contributed by atoms with Crippen LogP contribution in [0.4, 0.5) is 0 Å². The van der Waals surface area contributed by atoms with E-state index in [1.54, 1.807) is 4.90 Å². The molecule has 164 valence electrons. The Hall–Kier alpha value is -3.13. The summed E-state index contributed by atoms with van der Waals surface area (Å²) in [6.45, 7) is 4.22. The second kappa shape index (κ2) is 11.3. The zero-order chi connectivity index (χ0) is 22.1. The van der Waals surface area contributed by atoms with Crippen molar-refractivity contribution in [2.45, 2.75) is 26.3 Å². The first-order valence-electron chi connectivity index (χ1n) is 10.4. The summed E-state index contributed by atoms with van der Waals surface area (Å²) in [5.74, 6) is 2.41. The number of nitrogens with zero attached hydrogens (tertiary/aromatic N) is 3. The Bertz CT molecular complexity index is 1020. The van der Waals surface area contributed by atoms with Gasteiger partial charge in [-0.2, -0.15) is 5.10 Å². The molecule has 7 nitrogen and oxygen atoms in total. The number of para-hydroxylation sites is 1. The molecule has 0 aliphatic rings. The van der Waals surface area contributed by atoms with Gasteiger partial charge in [-0.05, 0) is 62.0 Å². The van der Waals surface area contributed by atoms with Gasteiger partial charge >= 0.3 is 0 Å². The molecule has 1 heterocycles. The third kappa shape index (κ3) is 6.42. The topological polar surface area (TPSA) is 72.4 Å². The maximum Gasteiger partial charge on any atom is 0.224 e. The van der Waals surface area contributed by atoms with Gasteiger partial charge in [0.25, 0.3) is 0 Å². The number of aromatic amines is 1. The maximum atomic E-state index is 12.6. The Balaban J connectivity index is 1.50. The zero-order valence-corrected chi connectivity index (χ0v) is 18.7. The molecule has 3 aromatic rings. The molecule has 8 heteroatoms. The Morgan fingerprint density at radius 2 is 1.81 bits per heavy atom. The lowest BCUT2D eigenvalue weighted by Crippen LogP contribution is -2.29. The molecule has 0 saturated heterocycles. The average molecular weight is 441 g/mol. The summed E-state index contributed by atoms with van der Waals surface area (Å²) < 4.78 is 13.5. The molecular formula is C23H28N4O3S. The van der Waals surface area contributed by atoms with Gasteiger partial charge < -0.3 is 14.4 Å². The number of aromatic nitrogens is 3. The van der Waals surface area contributed by atoms with Crippen LogP contribution in [0.15, 0.2) is 54.6 Å². The van der Waals surface area contributed by atoms with Gasteiger partial charge in [0, 0.05) is 32.1 Å². The number of H-pyrrole nitrogens is 1. The SMILES string of the molecule is CCOc1ccc(-c2n[nH]c(=S)n2CCC(=O)N(C)CCCOc2ccccc2)cc1. The first-order chi connectivity index (χ1) is 15.1. The minimum Gasteiger partial charge on any atom is -0.494 e. The predicted octanol–water partition coefficient (Wildman–Crippen LogP) is 4.32. The van der Waals surface area contributed by atoms with E-state index in [1.165, 1.54) is 0 Å². The lowest BCUT2D eigenvalue weighted by molar-refractivity contribution is -0.130. The molecule has 1 aromatic heterocycles. The molecule has 2 aromatic carbocycles. The number of hydrogen-bond donors (Lipinski definition) is 1. The van der Waals surface area contributed by atoms with E-state index in [2.05, 4.69) is 10.2 Å². The monoisotopic (exact) mass is 440 g/mol. The highest BCUT2D eigenvalue weighted by atomic mass is 32.1. The second-order valence-electron chi connectivity index (χ2n) is 7.04. The lowest BCUT2D eigenvalue weighted by atomic mass is 10.2. The highest BCUT2D eigenvalue weighted by Gasteiger charge is 2.13. The van der Waals surface area contributed by atoms with Crippen LogP contribution in [-0.2, 0) is 11.3 Å². The molecule has 0 atom stereocenters. The number of amides is 1. The van der Waals surface area contributed by atoms with E-state index < -0.39 is 0 Å². The van der Waals surface area contributed by atoms with Crippen molar-refractivity contribution in [3.8, 4) is 22.9 Å². The van der Waals surface area contributed by atoms with Gasteiger partial charge in [-0.25, -0.2) is 0 Å². The van der Waals surface area contributed by atoms with E-state index in [9.17, 15) is 4.79 Å². The largest absolute Gasteiger partial charge is 0.494 e. The van der Waals surface area contributed by atoms with Gasteiger partial charge in [0.1, 0.15) is 11.5 Å². The lowest BCUT2D eigenvalue weighted by Gasteiger charge is -2.17. The predicted molar refractivity (Wildman–Crippen MR) is 123 cm³/mol. The van der Waals surface area contributed by atoms with Crippen LogP contribution < -0.4 is 9.47 Å². The molecule has 0 aliphatic heterocycles. The van der Waals surface area contributed by atoms with Crippen molar-refractivity contribution in [1.29, 1.82) is 0 Å². The molecule has 31 heavy (non-hydrogen) atoms. The molecule has 3 rings (SSSR count). The standard InChI is InChI=1S/C23H28N4O3S/c1-3-29-20-12-10-18(11-13-20)22-24-25-23(31)27(22)16-14-21(28)26(2)15-7-17-30-19-8-5-4-6-9-19/h4-6,8-13H,3,7,14-17H2,1-2H3,(H,25,31). The first-order valence-corrected chi connectivity index (χ1v) is 10.8. The molecule has 1 N–H and O–H groups in total. The van der Waals surface area contributed by atoms with Crippen molar-refractivity contribution in [2.24, 2.45) is 0 Å². The third-order valence-electron chi connectivity index (χ3n) is 4.81. The minimum atomic E-state index is 0.0560. The summed E-state index contributed by atoms with van der Waals surface area (Å²) in [4.78, 5) is 14.3. The van der Waals surface area contributed by atoms with Crippen molar-refractivity contribution in [3.05, 3.63) is 59.4 Å². The minimum absolute atomic E-state index is 0.0560. The molecular weight excluding hydrogens is 412 g/mol. The highest BCUT2D eigenvalue weighted by molar-refractivity contribution is 7.71. The van der Waals surface area contributed by atoms with E-state index in [1.807, 2.05) is 73.1 Å². The molecule has 0 bridgehead atoms. The molecule has 0 unspecified atom stereocenters. The second-order valence-corrected chi connectivity index (χ2v) is 7.43. The summed E-state index contributed by atoms with van der Waals surface area (Å²) in [6.07, 6.45) is 1.10. The number of benzene rings is 2. The van der Waals surface area contributed by atoms with Crippen LogP contribution in [0.5, 0.6) is 11.5 Å². The molecule has 0 fully saturated rings. The smallest absolute Gasteiger partial charge is 0.224 e. The van der Waals surface area contributed by atoms with Crippen LogP contribution >= 0.6 is 12.2 Å². The Morgan fingerprint density at radius 1 is 1.10 bits per heavy atom. The summed E-state index contributed by atoms with van der Waals surface area (Å²) in [7, 11) is 1.81. The normalized spacial score (nSPS) is 10.6. The van der Waals surface area contributed by atoms with Crippen molar-refractivity contribution < 1.29 is 14.3 Å². The highest BCUT2D eigenvalue weighted by Crippen LogP contribution is 2.21. The van der Waals surface area contributed by atoms with Gasteiger partial charge in [0.05, 0.1) is 13.2 Å². The molecule has 1 amide bonds. The van der Waals surface area contributed by atoms with Gasteiger partial charge in [0.15, 0.2) is 10.6 Å². The summed E-state index contributed by atoms with van der Waals surface area (Å²) in [5.41, 5.74) is 0.912. The van der Waals surface area contributed by atoms with Crippen molar-refractivity contribution in [3.63, 3.8) is 0 Å². The Labute approximate surface area is 187 Å². The number of rotatable bonds is 11. The van der Waals surface area contributed by atoms with E-state index in [0.29, 0.717) is 43.3 Å². The van der Waals surface area contributed by atoms with Crippen molar-refractivity contribution >= 4 is 18.1 Å². The first kappa shape index (κ1) is 22.6. The number of ether oxygens (including phenoxy) is 2. The number of carbonyl (C=O) groups is 1. The van der Waals surface area contributed by atoms with Crippen molar-refractivity contribution in [2.75, 3.05) is 26.8 Å². The summed E-state index contributed by atoms with van der Waals surface area (Å²) in [6, 6.07) is 17.3. The van der Waals surface area contributed by atoms with Crippen LogP contribution in [0.2, 0.25) is 0 Å². The van der Waals surface area contributed by atoms with Crippen molar-refractivity contribution in [1.82, 2.24) is 19.7 Å². The third-order valence-corrected chi connectivity index (χ3v) is 5.12. The molecule has 0 spiro atoms. The summed E-state index contributed by atoms with van der Waals surface area (Å²) >= 11 is 5.37. The van der Waals surface area contributed by atoms with Crippen LogP contribution in [0.3, 0.4) is 0 Å². The molecule has 0 radical (unpaired) electrons. The number of carbonyl (C=O) groups excluding carboxylic acids is 1. The fraction of sp³-hybridized carbons (Fsp3) is 0.348. The van der Waals surface area contributed by atoms with Crippen LogP contribution in [0.1, 0.15) is 19.8 Å². The van der Waals surface area contributed by atoms with Gasteiger partial charge in [-0.3, -0.25) is 14.5 Å².